The van der Waals surface area contributed by atoms with Crippen LogP contribution in [0, 0.1) is 6.92 Å². The number of aromatic amines is 1. The number of carbonyl (C=O) groups excluding carboxylic acids is 2. The van der Waals surface area contributed by atoms with Gasteiger partial charge in [0.05, 0.1) is 6.61 Å². The third kappa shape index (κ3) is 1.74. The summed E-state index contributed by atoms with van der Waals surface area (Å²) in [5.41, 5.74) is 1.00. The first-order chi connectivity index (χ1) is 6.20. The van der Waals surface area contributed by atoms with Crippen molar-refractivity contribution in [1.29, 1.82) is 0 Å². The summed E-state index contributed by atoms with van der Waals surface area (Å²) >= 11 is 0. The van der Waals surface area contributed by atoms with Crippen LogP contribution >= 0.6 is 0 Å². The average Bonchev–Trinajstić information content (AvgIpc) is 2.47. The van der Waals surface area contributed by atoms with Gasteiger partial charge in [-0.15, -0.1) is 0 Å². The molecule has 0 aromatic carbocycles. The van der Waals surface area contributed by atoms with Crippen LogP contribution in [0.4, 0.5) is 0 Å². The molecule has 0 fully saturated rings. The lowest BCUT2D eigenvalue weighted by Gasteiger charge is -1.97. The Kier molecular flexibility index (Phi) is 2.79. The van der Waals surface area contributed by atoms with E-state index in [1.807, 2.05) is 0 Å². The minimum absolute atomic E-state index is 0.170. The molecular weight excluding hydrogens is 172 g/mol. The molecule has 1 aromatic rings. The van der Waals surface area contributed by atoms with Crippen LogP contribution in [0.5, 0.6) is 0 Å². The van der Waals surface area contributed by atoms with Gasteiger partial charge in [0.1, 0.15) is 5.69 Å². The predicted octanol–water partition coefficient (Wildman–Crippen LogP) is 0.707. The number of ether oxygens (including phenoxy) is 1. The van der Waals surface area contributed by atoms with Crippen molar-refractivity contribution in [2.75, 3.05) is 6.61 Å². The van der Waals surface area contributed by atoms with Gasteiger partial charge in [-0.3, -0.25) is 9.89 Å². The Bertz CT molecular complexity index is 330. The van der Waals surface area contributed by atoms with E-state index in [-0.39, 0.29) is 5.69 Å². The maximum atomic E-state index is 11.2. The fourth-order valence-corrected chi connectivity index (χ4v) is 0.924. The van der Waals surface area contributed by atoms with Gasteiger partial charge in [0.2, 0.25) is 0 Å². The van der Waals surface area contributed by atoms with Crippen LogP contribution in [0.15, 0.2) is 0 Å². The van der Waals surface area contributed by atoms with E-state index >= 15 is 0 Å². The smallest absolute Gasteiger partial charge is 0.359 e. The van der Waals surface area contributed by atoms with Gasteiger partial charge in [-0.05, 0) is 13.8 Å². The second-order valence-electron chi connectivity index (χ2n) is 2.45. The highest BCUT2D eigenvalue weighted by Crippen LogP contribution is 2.08. The molecule has 1 aromatic heterocycles. The number of H-pyrrole nitrogens is 1. The van der Waals surface area contributed by atoms with Crippen molar-refractivity contribution in [3.8, 4) is 0 Å². The number of hydrogen-bond donors (Lipinski definition) is 1. The van der Waals surface area contributed by atoms with Crippen LogP contribution in [-0.2, 0) is 4.74 Å². The Balaban J connectivity index is 2.95. The zero-order chi connectivity index (χ0) is 9.84. The summed E-state index contributed by atoms with van der Waals surface area (Å²) in [5.74, 6) is -0.510. The Hall–Kier alpha value is -1.65. The van der Waals surface area contributed by atoms with Gasteiger partial charge < -0.3 is 4.74 Å². The maximum Gasteiger partial charge on any atom is 0.359 e. The van der Waals surface area contributed by atoms with Crippen LogP contribution in [-0.4, -0.2) is 29.1 Å². The largest absolute Gasteiger partial charge is 0.461 e. The third-order valence-electron chi connectivity index (χ3n) is 1.63. The van der Waals surface area contributed by atoms with Gasteiger partial charge in [0.15, 0.2) is 12.0 Å². The normalized spacial score (nSPS) is 9.69. The number of aldehydes is 1. The van der Waals surface area contributed by atoms with Gasteiger partial charge in [0.25, 0.3) is 0 Å². The molecule has 0 radical (unpaired) electrons. The fourth-order valence-electron chi connectivity index (χ4n) is 0.924. The summed E-state index contributed by atoms with van der Waals surface area (Å²) in [6.07, 6.45) is 0.616. The lowest BCUT2D eigenvalue weighted by Crippen LogP contribution is -2.06. The summed E-state index contributed by atoms with van der Waals surface area (Å²) in [5, 5.41) is 6.12. The molecule has 0 spiro atoms. The minimum atomic E-state index is -0.510. The zero-order valence-corrected chi connectivity index (χ0v) is 7.46. The number of aromatic nitrogens is 2. The molecule has 0 saturated carbocycles. The van der Waals surface area contributed by atoms with Crippen LogP contribution in [0.25, 0.3) is 0 Å². The number of nitrogens with one attached hydrogen (secondary N) is 1. The SMILES string of the molecule is CCOC(=O)c1n[nH]c(C=O)c1C. The number of hydrogen-bond acceptors (Lipinski definition) is 4. The quantitative estimate of drug-likeness (QED) is 0.552. The molecule has 5 heteroatoms. The fraction of sp³-hybridized carbons (Fsp3) is 0.375. The van der Waals surface area contributed by atoms with E-state index in [1.165, 1.54) is 0 Å². The summed E-state index contributed by atoms with van der Waals surface area (Å²) in [6, 6.07) is 0. The monoisotopic (exact) mass is 182 g/mol. The molecule has 0 amide bonds. The molecule has 0 atom stereocenters. The summed E-state index contributed by atoms with van der Waals surface area (Å²) < 4.78 is 4.73. The van der Waals surface area contributed by atoms with Gasteiger partial charge in [-0.2, -0.15) is 5.10 Å². The van der Waals surface area contributed by atoms with E-state index in [0.717, 1.165) is 0 Å². The molecule has 1 heterocycles. The molecule has 0 aliphatic carbocycles. The number of rotatable bonds is 3. The van der Waals surface area contributed by atoms with E-state index in [9.17, 15) is 9.59 Å². The standard InChI is InChI=1S/C8H10N2O3/c1-3-13-8(12)7-5(2)6(4-11)9-10-7/h4H,3H2,1-2H3,(H,9,10). The number of nitrogens with zero attached hydrogens (tertiary/aromatic N) is 1. The lowest BCUT2D eigenvalue weighted by molar-refractivity contribution is 0.0518. The minimum Gasteiger partial charge on any atom is -0.461 e. The van der Waals surface area contributed by atoms with Crippen molar-refractivity contribution >= 4 is 12.3 Å². The topological polar surface area (TPSA) is 72.0 Å². The molecule has 5 nitrogen and oxygen atoms in total. The van der Waals surface area contributed by atoms with Crippen molar-refractivity contribution < 1.29 is 14.3 Å². The van der Waals surface area contributed by atoms with Gasteiger partial charge in [-0.25, -0.2) is 4.79 Å². The van der Waals surface area contributed by atoms with Gasteiger partial charge in [-0.1, -0.05) is 0 Å². The van der Waals surface area contributed by atoms with Crippen molar-refractivity contribution in [3.63, 3.8) is 0 Å². The predicted molar refractivity (Wildman–Crippen MR) is 44.7 cm³/mol. The molecule has 13 heavy (non-hydrogen) atoms. The molecule has 70 valence electrons. The van der Waals surface area contributed by atoms with Crippen LogP contribution in [0.2, 0.25) is 0 Å². The van der Waals surface area contributed by atoms with E-state index < -0.39 is 5.97 Å². The number of carbonyl (C=O) groups is 2. The van der Waals surface area contributed by atoms with E-state index in [2.05, 4.69) is 10.2 Å². The number of esters is 1. The van der Waals surface area contributed by atoms with Crippen molar-refractivity contribution in [2.24, 2.45) is 0 Å². The first-order valence-corrected chi connectivity index (χ1v) is 3.88. The van der Waals surface area contributed by atoms with Crippen LogP contribution in [0.1, 0.15) is 33.5 Å². The van der Waals surface area contributed by atoms with Crippen molar-refractivity contribution in [2.45, 2.75) is 13.8 Å². The second kappa shape index (κ2) is 3.84. The van der Waals surface area contributed by atoms with E-state index in [0.29, 0.717) is 24.2 Å². The Morgan fingerprint density at radius 2 is 2.38 bits per heavy atom. The molecule has 1 rings (SSSR count). The Labute approximate surface area is 75.1 Å². The van der Waals surface area contributed by atoms with Crippen LogP contribution in [0.3, 0.4) is 0 Å². The van der Waals surface area contributed by atoms with E-state index in [4.69, 9.17) is 4.74 Å². The highest BCUT2D eigenvalue weighted by molar-refractivity contribution is 5.91. The van der Waals surface area contributed by atoms with Gasteiger partial charge in [0, 0.05) is 5.56 Å². The summed E-state index contributed by atoms with van der Waals surface area (Å²) in [6.45, 7) is 3.64. The molecule has 0 unspecified atom stereocenters. The Morgan fingerprint density at radius 1 is 1.69 bits per heavy atom. The highest BCUT2D eigenvalue weighted by Gasteiger charge is 2.16. The lowest BCUT2D eigenvalue weighted by atomic mass is 10.2. The maximum absolute atomic E-state index is 11.2. The Morgan fingerprint density at radius 3 is 2.85 bits per heavy atom. The molecule has 1 N–H and O–H groups in total. The summed E-state index contributed by atoms with van der Waals surface area (Å²) in [7, 11) is 0. The average molecular weight is 182 g/mol. The van der Waals surface area contributed by atoms with Crippen molar-refractivity contribution in [1.82, 2.24) is 10.2 Å². The van der Waals surface area contributed by atoms with E-state index in [1.54, 1.807) is 13.8 Å². The van der Waals surface area contributed by atoms with Crippen molar-refractivity contribution in [3.05, 3.63) is 17.0 Å². The van der Waals surface area contributed by atoms with Crippen LogP contribution < -0.4 is 0 Å². The second-order valence-corrected chi connectivity index (χ2v) is 2.45. The molecular formula is C8H10N2O3. The zero-order valence-electron chi connectivity index (χ0n) is 7.46. The first-order valence-electron chi connectivity index (χ1n) is 3.88. The first kappa shape index (κ1) is 9.44. The molecule has 0 aliphatic heterocycles. The third-order valence-corrected chi connectivity index (χ3v) is 1.63. The highest BCUT2D eigenvalue weighted by atomic mass is 16.5. The van der Waals surface area contributed by atoms with Gasteiger partial charge >= 0.3 is 5.97 Å². The summed E-state index contributed by atoms with van der Waals surface area (Å²) in [4.78, 5) is 21.6. The molecule has 0 aliphatic rings. The molecule has 0 saturated heterocycles. The molecule has 0 bridgehead atoms.